The standard InChI is InChI=1S/C33H48O4/c1-4-5-6-7-8-9-10-11-12-13-14-15-16-17-26-36-33(35)32-24-22-31(23-25-32)30-20-18-29(19-21-30)27(2)37-28(3)34/h18-25,27H,4-17,26H2,1-3H3. The monoisotopic (exact) mass is 508 g/mol. The first-order valence-corrected chi connectivity index (χ1v) is 14.6. The van der Waals surface area contributed by atoms with Gasteiger partial charge in [-0.05, 0) is 42.2 Å². The zero-order valence-corrected chi connectivity index (χ0v) is 23.4. The summed E-state index contributed by atoms with van der Waals surface area (Å²) in [5.74, 6) is -0.546. The van der Waals surface area contributed by atoms with Crippen molar-refractivity contribution in [3.63, 3.8) is 0 Å². The lowest BCUT2D eigenvalue weighted by molar-refractivity contribution is -0.145. The molecule has 0 radical (unpaired) electrons. The van der Waals surface area contributed by atoms with E-state index in [1.807, 2.05) is 55.5 Å². The van der Waals surface area contributed by atoms with Crippen molar-refractivity contribution in [3.8, 4) is 11.1 Å². The first kappa shape index (κ1) is 30.6. The fourth-order valence-corrected chi connectivity index (χ4v) is 4.61. The van der Waals surface area contributed by atoms with Crippen molar-refractivity contribution < 1.29 is 19.1 Å². The quantitative estimate of drug-likeness (QED) is 0.140. The molecule has 0 aliphatic heterocycles. The molecule has 0 fully saturated rings. The van der Waals surface area contributed by atoms with E-state index in [0.29, 0.717) is 12.2 Å². The Morgan fingerprint density at radius 2 is 1.08 bits per heavy atom. The van der Waals surface area contributed by atoms with Crippen LogP contribution in [0.2, 0.25) is 0 Å². The highest BCUT2D eigenvalue weighted by molar-refractivity contribution is 5.90. The summed E-state index contributed by atoms with van der Waals surface area (Å²) < 4.78 is 10.7. The number of benzene rings is 2. The van der Waals surface area contributed by atoms with Crippen molar-refractivity contribution in [3.05, 3.63) is 59.7 Å². The second kappa shape index (κ2) is 18.6. The van der Waals surface area contributed by atoms with E-state index in [0.717, 1.165) is 29.5 Å². The van der Waals surface area contributed by atoms with Crippen LogP contribution in [0.1, 0.15) is 133 Å². The molecule has 0 amide bonds. The fraction of sp³-hybridized carbons (Fsp3) is 0.576. The first-order chi connectivity index (χ1) is 18.0. The molecule has 2 aromatic carbocycles. The molecule has 0 saturated heterocycles. The summed E-state index contributed by atoms with van der Waals surface area (Å²) in [4.78, 5) is 23.5. The van der Waals surface area contributed by atoms with Crippen LogP contribution >= 0.6 is 0 Å². The number of hydrogen-bond donors (Lipinski definition) is 0. The van der Waals surface area contributed by atoms with Gasteiger partial charge in [-0.15, -0.1) is 0 Å². The highest BCUT2D eigenvalue weighted by atomic mass is 16.5. The average Bonchev–Trinajstić information content (AvgIpc) is 2.90. The molecule has 0 spiro atoms. The smallest absolute Gasteiger partial charge is 0.338 e. The predicted molar refractivity (Wildman–Crippen MR) is 153 cm³/mol. The molecule has 2 rings (SSSR count). The van der Waals surface area contributed by atoms with E-state index in [2.05, 4.69) is 6.92 Å². The lowest BCUT2D eigenvalue weighted by atomic mass is 10.0. The van der Waals surface area contributed by atoms with Crippen LogP contribution in [0.5, 0.6) is 0 Å². The minimum Gasteiger partial charge on any atom is -0.462 e. The van der Waals surface area contributed by atoms with Gasteiger partial charge in [0.15, 0.2) is 0 Å². The summed E-state index contributed by atoms with van der Waals surface area (Å²) in [6.07, 6.45) is 18.1. The molecule has 0 saturated carbocycles. The Kier molecular flexibility index (Phi) is 15.4. The number of carbonyl (C=O) groups excluding carboxylic acids is 2. The Bertz CT molecular complexity index is 886. The SMILES string of the molecule is CCCCCCCCCCCCCCCCOC(=O)c1ccc(-c2ccc(C(C)OC(C)=O)cc2)cc1. The van der Waals surface area contributed by atoms with E-state index in [1.165, 1.54) is 84.0 Å². The van der Waals surface area contributed by atoms with Gasteiger partial charge in [0, 0.05) is 6.92 Å². The van der Waals surface area contributed by atoms with Crippen molar-refractivity contribution in [2.24, 2.45) is 0 Å². The van der Waals surface area contributed by atoms with Gasteiger partial charge in [-0.25, -0.2) is 4.79 Å². The van der Waals surface area contributed by atoms with Crippen LogP contribution < -0.4 is 0 Å². The lowest BCUT2D eigenvalue weighted by Gasteiger charge is -2.12. The molecule has 0 bridgehead atoms. The van der Waals surface area contributed by atoms with Gasteiger partial charge in [-0.1, -0.05) is 127 Å². The van der Waals surface area contributed by atoms with E-state index in [9.17, 15) is 9.59 Å². The second-order valence-corrected chi connectivity index (χ2v) is 10.2. The Balaban J connectivity index is 1.55. The normalized spacial score (nSPS) is 11.8. The van der Waals surface area contributed by atoms with Crippen molar-refractivity contribution in [1.82, 2.24) is 0 Å². The number of rotatable bonds is 19. The third kappa shape index (κ3) is 13.0. The molecule has 1 unspecified atom stereocenters. The van der Waals surface area contributed by atoms with Crippen molar-refractivity contribution in [1.29, 1.82) is 0 Å². The number of unbranched alkanes of at least 4 members (excludes halogenated alkanes) is 13. The van der Waals surface area contributed by atoms with Crippen LogP contribution in [0.25, 0.3) is 11.1 Å². The van der Waals surface area contributed by atoms with E-state index in [1.54, 1.807) is 0 Å². The minimum absolute atomic E-state index is 0.258. The molecular formula is C33H48O4. The Labute approximate surface area is 225 Å². The summed E-state index contributed by atoms with van der Waals surface area (Å²) in [6.45, 7) is 6.03. The number of esters is 2. The molecule has 4 heteroatoms. The Morgan fingerprint density at radius 3 is 1.54 bits per heavy atom. The molecule has 0 aliphatic rings. The average molecular weight is 509 g/mol. The third-order valence-corrected chi connectivity index (χ3v) is 6.91. The second-order valence-electron chi connectivity index (χ2n) is 10.2. The summed E-state index contributed by atoms with van der Waals surface area (Å²) in [6, 6.07) is 15.4. The van der Waals surface area contributed by atoms with Gasteiger partial charge in [-0.3, -0.25) is 4.79 Å². The summed E-state index contributed by atoms with van der Waals surface area (Å²) in [7, 11) is 0. The molecule has 2 aromatic rings. The van der Waals surface area contributed by atoms with Crippen LogP contribution in [0, 0.1) is 0 Å². The number of ether oxygens (including phenoxy) is 2. The molecule has 0 heterocycles. The van der Waals surface area contributed by atoms with E-state index in [-0.39, 0.29) is 18.0 Å². The predicted octanol–water partition coefficient (Wildman–Crippen LogP) is 9.62. The molecule has 204 valence electrons. The van der Waals surface area contributed by atoms with E-state index in [4.69, 9.17) is 9.47 Å². The molecule has 0 aromatic heterocycles. The number of hydrogen-bond acceptors (Lipinski definition) is 4. The first-order valence-electron chi connectivity index (χ1n) is 14.6. The van der Waals surface area contributed by atoms with Gasteiger partial charge in [0.1, 0.15) is 6.10 Å². The third-order valence-electron chi connectivity index (χ3n) is 6.91. The molecule has 0 N–H and O–H groups in total. The van der Waals surface area contributed by atoms with Gasteiger partial charge in [0.25, 0.3) is 0 Å². The van der Waals surface area contributed by atoms with E-state index >= 15 is 0 Å². The number of carbonyl (C=O) groups is 2. The minimum atomic E-state index is -0.289. The van der Waals surface area contributed by atoms with Crippen molar-refractivity contribution in [2.75, 3.05) is 6.61 Å². The summed E-state index contributed by atoms with van der Waals surface area (Å²) >= 11 is 0. The highest BCUT2D eigenvalue weighted by Crippen LogP contribution is 2.24. The fourth-order valence-electron chi connectivity index (χ4n) is 4.61. The highest BCUT2D eigenvalue weighted by Gasteiger charge is 2.10. The molecule has 4 nitrogen and oxygen atoms in total. The zero-order valence-electron chi connectivity index (χ0n) is 23.4. The molecular weight excluding hydrogens is 460 g/mol. The Morgan fingerprint density at radius 1 is 0.649 bits per heavy atom. The van der Waals surface area contributed by atoms with E-state index < -0.39 is 0 Å². The zero-order chi connectivity index (χ0) is 26.7. The summed E-state index contributed by atoms with van der Waals surface area (Å²) in [5, 5.41) is 0. The maximum Gasteiger partial charge on any atom is 0.338 e. The van der Waals surface area contributed by atoms with Gasteiger partial charge in [0.2, 0.25) is 0 Å². The van der Waals surface area contributed by atoms with Crippen LogP contribution in [0.15, 0.2) is 48.5 Å². The molecule has 1 atom stereocenters. The van der Waals surface area contributed by atoms with Gasteiger partial charge in [-0.2, -0.15) is 0 Å². The van der Waals surface area contributed by atoms with Gasteiger partial charge >= 0.3 is 11.9 Å². The maximum atomic E-state index is 12.4. The summed E-state index contributed by atoms with van der Waals surface area (Å²) in [5.41, 5.74) is 3.59. The Hall–Kier alpha value is -2.62. The van der Waals surface area contributed by atoms with Crippen LogP contribution in [0.3, 0.4) is 0 Å². The van der Waals surface area contributed by atoms with Crippen molar-refractivity contribution in [2.45, 2.75) is 117 Å². The topological polar surface area (TPSA) is 52.6 Å². The van der Waals surface area contributed by atoms with Gasteiger partial charge < -0.3 is 9.47 Å². The van der Waals surface area contributed by atoms with Crippen LogP contribution in [-0.2, 0) is 14.3 Å². The molecule has 37 heavy (non-hydrogen) atoms. The van der Waals surface area contributed by atoms with Gasteiger partial charge in [0.05, 0.1) is 12.2 Å². The largest absolute Gasteiger partial charge is 0.462 e. The van der Waals surface area contributed by atoms with Crippen molar-refractivity contribution >= 4 is 11.9 Å². The maximum absolute atomic E-state index is 12.4. The lowest BCUT2D eigenvalue weighted by Crippen LogP contribution is -2.06. The molecule has 0 aliphatic carbocycles. The van der Waals surface area contributed by atoms with Crippen LogP contribution in [-0.4, -0.2) is 18.5 Å². The van der Waals surface area contributed by atoms with Crippen LogP contribution in [0.4, 0.5) is 0 Å².